The molecular weight excluding hydrogens is 350 g/mol. The number of hydrogen-bond donors (Lipinski definition) is 1. The molecule has 0 aromatic carbocycles. The average Bonchev–Trinajstić information content (AvgIpc) is 3.04. The predicted octanol–water partition coefficient (Wildman–Crippen LogP) is 3.68. The van der Waals surface area contributed by atoms with Crippen LogP contribution in [-0.4, -0.2) is 28.6 Å². The van der Waals surface area contributed by atoms with Gasteiger partial charge in [0, 0.05) is 22.0 Å². The van der Waals surface area contributed by atoms with Crippen LogP contribution >= 0.6 is 11.3 Å². The molecule has 0 bridgehead atoms. The maximum atomic E-state index is 12.7. The molecule has 0 saturated carbocycles. The van der Waals surface area contributed by atoms with Crippen LogP contribution in [-0.2, 0) is 9.53 Å². The third kappa shape index (κ3) is 3.60. The maximum Gasteiger partial charge on any atom is 0.341 e. The van der Waals surface area contributed by atoms with Crippen LogP contribution in [0.3, 0.4) is 0 Å². The van der Waals surface area contributed by atoms with E-state index in [1.807, 2.05) is 44.4 Å². The van der Waals surface area contributed by atoms with Crippen molar-refractivity contribution in [3.63, 3.8) is 0 Å². The van der Waals surface area contributed by atoms with Crippen LogP contribution in [0.15, 0.2) is 12.1 Å². The van der Waals surface area contributed by atoms with Gasteiger partial charge < -0.3 is 14.7 Å². The molecule has 2 aromatic rings. The number of nitrogens with zero attached hydrogens (tertiary/aromatic N) is 2. The molecule has 0 fully saturated rings. The maximum absolute atomic E-state index is 12.7. The second-order valence-corrected chi connectivity index (χ2v) is 7.41. The first kappa shape index (κ1) is 19.6. The van der Waals surface area contributed by atoms with E-state index in [0.29, 0.717) is 5.56 Å². The molecule has 0 aliphatic rings. The number of ether oxygens (including phenoxy) is 1. The van der Waals surface area contributed by atoms with Gasteiger partial charge in [0.1, 0.15) is 10.9 Å². The number of nitriles is 1. The minimum absolute atomic E-state index is 0.0598. The number of hydrogen-bond acceptors (Lipinski definition) is 6. The molecule has 2 rings (SSSR count). The Bertz CT molecular complexity index is 911. The first-order valence-corrected chi connectivity index (χ1v) is 8.90. The molecule has 7 heteroatoms. The van der Waals surface area contributed by atoms with Gasteiger partial charge >= 0.3 is 5.97 Å². The Morgan fingerprint density at radius 2 is 1.85 bits per heavy atom. The highest BCUT2D eigenvalue weighted by Crippen LogP contribution is 2.33. The third-order valence-corrected chi connectivity index (χ3v) is 5.47. The van der Waals surface area contributed by atoms with Gasteiger partial charge in [-0.3, -0.25) is 4.79 Å². The van der Waals surface area contributed by atoms with Crippen LogP contribution in [0.4, 0.5) is 0 Å². The fourth-order valence-electron chi connectivity index (χ4n) is 2.70. The number of nitrogens with one attached hydrogen (secondary N) is 1. The Morgan fingerprint density at radius 1 is 1.27 bits per heavy atom. The number of rotatable bonds is 6. The van der Waals surface area contributed by atoms with E-state index in [1.54, 1.807) is 6.07 Å². The Kier molecular flexibility index (Phi) is 5.78. The summed E-state index contributed by atoms with van der Waals surface area (Å²) in [6.07, 6.45) is 0. The molecule has 6 nitrogen and oxygen atoms in total. The fraction of sp³-hybridized carbons (Fsp3) is 0.368. The topological polar surface area (TPSA) is 95.9 Å². The SMILES string of the molecule is CC(=N)[C@H](C#N)C(=O)COC(=O)c1c(-n2c(C)ccc2C)sc(C)c1C. The van der Waals surface area contributed by atoms with Crippen LogP contribution in [0.2, 0.25) is 0 Å². The lowest BCUT2D eigenvalue weighted by Crippen LogP contribution is -2.26. The molecule has 0 unspecified atom stereocenters. The molecule has 0 amide bonds. The Hall–Kier alpha value is -2.72. The quantitative estimate of drug-likeness (QED) is 0.619. The van der Waals surface area contributed by atoms with Gasteiger partial charge in [0.05, 0.1) is 11.6 Å². The molecule has 1 N–H and O–H groups in total. The number of esters is 1. The molecule has 0 aliphatic carbocycles. The van der Waals surface area contributed by atoms with Crippen LogP contribution in [0, 0.1) is 50.4 Å². The lowest BCUT2D eigenvalue weighted by molar-refractivity contribution is -0.122. The van der Waals surface area contributed by atoms with E-state index in [1.165, 1.54) is 18.3 Å². The summed E-state index contributed by atoms with van der Waals surface area (Å²) in [5, 5.41) is 17.2. The molecule has 2 heterocycles. The smallest absolute Gasteiger partial charge is 0.341 e. The lowest BCUT2D eigenvalue weighted by Gasteiger charge is -2.11. The van der Waals surface area contributed by atoms with Crippen molar-refractivity contribution in [1.82, 2.24) is 4.57 Å². The van der Waals surface area contributed by atoms with Gasteiger partial charge in [-0.15, -0.1) is 11.3 Å². The summed E-state index contributed by atoms with van der Waals surface area (Å²) in [5.74, 6) is -2.36. The molecule has 0 saturated heterocycles. The molecule has 0 aliphatic heterocycles. The molecule has 2 aromatic heterocycles. The van der Waals surface area contributed by atoms with Crippen LogP contribution in [0.5, 0.6) is 0 Å². The van der Waals surface area contributed by atoms with Crippen molar-refractivity contribution in [1.29, 1.82) is 10.7 Å². The molecule has 1 atom stereocenters. The Labute approximate surface area is 156 Å². The van der Waals surface area contributed by atoms with E-state index in [-0.39, 0.29) is 5.71 Å². The monoisotopic (exact) mass is 371 g/mol. The molecule has 0 radical (unpaired) electrons. The van der Waals surface area contributed by atoms with Gasteiger partial charge in [-0.25, -0.2) is 4.79 Å². The second kappa shape index (κ2) is 7.67. The summed E-state index contributed by atoms with van der Waals surface area (Å²) in [6, 6.07) is 5.71. The highest BCUT2D eigenvalue weighted by Gasteiger charge is 2.26. The molecule has 26 heavy (non-hydrogen) atoms. The van der Waals surface area contributed by atoms with Crippen molar-refractivity contribution >= 4 is 28.8 Å². The summed E-state index contributed by atoms with van der Waals surface area (Å²) in [5.41, 5.74) is 3.18. The van der Waals surface area contributed by atoms with E-state index >= 15 is 0 Å². The summed E-state index contributed by atoms with van der Waals surface area (Å²) in [6.45, 7) is 8.56. The molecule has 0 spiro atoms. The Balaban J connectivity index is 2.32. The standard InChI is InChI=1S/C19H21N3O3S/c1-10-6-7-11(2)22(10)18-17(12(3)14(5)26-18)19(24)25-9-16(23)15(8-20)13(4)21/h6-7,15,21H,9H2,1-5H3/t15-/m0/s1. The van der Waals surface area contributed by atoms with Gasteiger partial charge in [0.15, 0.2) is 12.4 Å². The predicted molar refractivity (Wildman–Crippen MR) is 100 cm³/mol. The first-order chi connectivity index (χ1) is 12.2. The van der Waals surface area contributed by atoms with Crippen molar-refractivity contribution in [2.45, 2.75) is 34.6 Å². The van der Waals surface area contributed by atoms with Crippen molar-refractivity contribution in [2.24, 2.45) is 5.92 Å². The zero-order valence-electron chi connectivity index (χ0n) is 15.5. The number of carbonyl (C=O) groups is 2. The number of aromatic nitrogens is 1. The number of carbonyl (C=O) groups excluding carboxylic acids is 2. The second-order valence-electron chi connectivity index (χ2n) is 6.20. The van der Waals surface area contributed by atoms with Crippen molar-refractivity contribution in [3.05, 3.63) is 39.5 Å². The minimum Gasteiger partial charge on any atom is -0.454 e. The number of thiophene rings is 1. The number of aryl methyl sites for hydroxylation is 3. The minimum atomic E-state index is -1.18. The first-order valence-electron chi connectivity index (χ1n) is 8.08. The lowest BCUT2D eigenvalue weighted by atomic mass is 10.0. The van der Waals surface area contributed by atoms with Gasteiger partial charge in [-0.05, 0) is 52.3 Å². The number of ketones is 1. The van der Waals surface area contributed by atoms with Gasteiger partial charge in [0.25, 0.3) is 0 Å². The zero-order valence-corrected chi connectivity index (χ0v) is 16.3. The Morgan fingerprint density at radius 3 is 2.35 bits per heavy atom. The third-order valence-electron chi connectivity index (χ3n) is 4.27. The summed E-state index contributed by atoms with van der Waals surface area (Å²) < 4.78 is 7.18. The zero-order chi connectivity index (χ0) is 19.6. The summed E-state index contributed by atoms with van der Waals surface area (Å²) in [7, 11) is 0. The van der Waals surface area contributed by atoms with E-state index in [2.05, 4.69) is 0 Å². The molecular formula is C19H21N3O3S. The normalized spacial score (nSPS) is 11.7. The van der Waals surface area contributed by atoms with Crippen molar-refractivity contribution < 1.29 is 14.3 Å². The fourth-order valence-corrected chi connectivity index (χ4v) is 3.96. The van der Waals surface area contributed by atoms with Crippen LogP contribution < -0.4 is 0 Å². The van der Waals surface area contributed by atoms with Crippen molar-refractivity contribution in [2.75, 3.05) is 6.61 Å². The van der Waals surface area contributed by atoms with E-state index in [9.17, 15) is 9.59 Å². The van der Waals surface area contributed by atoms with Crippen LogP contribution in [0.25, 0.3) is 5.00 Å². The van der Waals surface area contributed by atoms with Gasteiger partial charge in [0.2, 0.25) is 0 Å². The van der Waals surface area contributed by atoms with Crippen LogP contribution in [0.1, 0.15) is 39.1 Å². The van der Waals surface area contributed by atoms with E-state index in [0.717, 1.165) is 26.8 Å². The highest BCUT2D eigenvalue weighted by molar-refractivity contribution is 7.15. The van der Waals surface area contributed by atoms with Crippen molar-refractivity contribution in [3.8, 4) is 11.1 Å². The summed E-state index contributed by atoms with van der Waals surface area (Å²) in [4.78, 5) is 25.7. The van der Waals surface area contributed by atoms with E-state index < -0.39 is 24.3 Å². The van der Waals surface area contributed by atoms with Gasteiger partial charge in [-0.1, -0.05) is 0 Å². The van der Waals surface area contributed by atoms with Gasteiger partial charge in [-0.2, -0.15) is 5.26 Å². The largest absolute Gasteiger partial charge is 0.454 e. The highest BCUT2D eigenvalue weighted by atomic mass is 32.1. The van der Waals surface area contributed by atoms with E-state index in [4.69, 9.17) is 15.4 Å². The average molecular weight is 371 g/mol. The number of Topliss-reactive ketones (excluding diaryl/α,β-unsaturated/α-hetero) is 1. The molecule has 136 valence electrons. The summed E-state index contributed by atoms with van der Waals surface area (Å²) >= 11 is 1.50.